The van der Waals surface area contributed by atoms with Crippen LogP contribution in [0.1, 0.15) is 226 Å². The number of benzene rings is 1. The smallest absolute Gasteiger partial charge is 0.306 e. The van der Waals surface area contributed by atoms with Gasteiger partial charge in [0.15, 0.2) is 25.2 Å². The molecule has 8 aliphatic heterocycles. The molecule has 0 aliphatic carbocycles. The van der Waals surface area contributed by atoms with Crippen molar-refractivity contribution in [3.05, 3.63) is 43.3 Å². The van der Waals surface area contributed by atoms with Crippen molar-refractivity contribution in [1.82, 2.24) is 31.9 Å². The predicted molar refractivity (Wildman–Crippen MR) is 481 cm³/mol. The zero-order valence-electron chi connectivity index (χ0n) is 79.9. The number of unbranched alkanes of at least 4 members (excludes halogenated alkanes) is 12. The molecule has 0 saturated carbocycles. The molecule has 6 amide bonds. The molecule has 8 aliphatic rings. The molecule has 1 aromatic rings. The molecule has 9 rings (SSSR count). The standard InChI is InChI=1S/C94H154N6O33.CH3.Pd/c1-64-78(110)82(113)91(60-125-86(64)130-91)56-117-45-22-17-31-69(101)30-16-21-40-95-72(104)37-49-121-53-90(100-75(107)34-14-9-7-5-6-8-10-15-35-76(108)124-52-68-28-12-11-13-29-68,54-122-50-38-73(105)98-43-26-41-96-70(102)32-18-23-46-118-57-92-61-126-87(131-92)65(2)79(111)83(92)114)55-123-51-39-74(106)99-44-27-42-97-71(103)33-19-24-47-120-59-94-63-128-89(133-94)67(4)81(85(94)116)129-77(109)36-20-25-48-119-58-93-62-127-88(132-93)66(3)80(112)84(93)115;;/h11-13,28-29,64-67,78-89,110-116H,5-10,14-27,30-63H2,1-4H3,(H,95,104)(H,96,102)(H,97,103)(H,98,105)(H,99,106)(H,100,107);1H3;/q;-1;/t64-,65-,66-,67-,78-,79-,80-,81-,82-,83-,84-,85-,86+,87+,88+,89+,90?,91+,92+,93+,94+;;/m1../s1. The molecule has 8 heterocycles. The minimum absolute atomic E-state index is 0. The average Bonchev–Trinajstić information content (AvgIpc) is 1.63. The summed E-state index contributed by atoms with van der Waals surface area (Å²) in [6, 6.07) is 9.53. The van der Waals surface area contributed by atoms with Crippen LogP contribution in [0.25, 0.3) is 0 Å². The van der Waals surface area contributed by atoms with E-state index in [9.17, 15) is 78.9 Å². The third-order valence-electron chi connectivity index (χ3n) is 26.1. The Morgan fingerprint density at radius 1 is 0.348 bits per heavy atom. The minimum atomic E-state index is -1.38. The second-order valence-corrected chi connectivity index (χ2v) is 37.3. The van der Waals surface area contributed by atoms with Gasteiger partial charge in [-0.25, -0.2) is 0 Å². The van der Waals surface area contributed by atoms with Crippen molar-refractivity contribution in [2.75, 3.05) is 152 Å². The van der Waals surface area contributed by atoms with Crippen LogP contribution in [0.4, 0.5) is 0 Å². The number of rotatable bonds is 71. The first-order valence-electron chi connectivity index (χ1n) is 48.6. The fraction of sp³-hybridized carbons (Fsp3) is 0.832. The van der Waals surface area contributed by atoms with Crippen molar-refractivity contribution in [3.8, 4) is 0 Å². The van der Waals surface area contributed by atoms with Gasteiger partial charge in [0.25, 0.3) is 0 Å². The van der Waals surface area contributed by atoms with Gasteiger partial charge in [-0.1, -0.05) is 96.6 Å². The number of ketones is 1. The van der Waals surface area contributed by atoms with Gasteiger partial charge in [0.1, 0.15) is 70.9 Å². The first-order valence-corrected chi connectivity index (χ1v) is 48.6. The number of aliphatic hydroxyl groups excluding tert-OH is 7. The molecule has 21 atom stereocenters. The van der Waals surface area contributed by atoms with E-state index >= 15 is 0 Å². The molecule has 1 aromatic carbocycles. The Kier molecular flexibility index (Phi) is 52.9. The Hall–Kier alpha value is -5.57. The number of aliphatic hydroxyl groups is 7. The molecule has 13 N–H and O–H groups in total. The van der Waals surface area contributed by atoms with Crippen molar-refractivity contribution < 1.29 is 180 Å². The van der Waals surface area contributed by atoms with E-state index in [0.717, 1.165) is 50.5 Å². The average molecular weight is 2020 g/mol. The summed E-state index contributed by atoms with van der Waals surface area (Å²) in [7, 11) is 0. The van der Waals surface area contributed by atoms with E-state index in [1.54, 1.807) is 27.7 Å². The number of nitrogens with one attached hydrogen (secondary N) is 6. The topological polar surface area (TPSA) is 524 Å². The molecule has 0 radical (unpaired) electrons. The minimum Gasteiger partial charge on any atom is -0.461 e. The number of esters is 2. The van der Waals surface area contributed by atoms with Crippen LogP contribution in [0.3, 0.4) is 0 Å². The molecule has 0 spiro atoms. The molecule has 0 aromatic heterocycles. The summed E-state index contributed by atoms with van der Waals surface area (Å²) in [6.07, 6.45) is 3.25. The van der Waals surface area contributed by atoms with Crippen molar-refractivity contribution in [3.63, 3.8) is 0 Å². The normalized spacial score (nSPS) is 28.9. The molecule has 135 heavy (non-hydrogen) atoms. The quantitative estimate of drug-likeness (QED) is 0.0192. The van der Waals surface area contributed by atoms with Crippen LogP contribution in [-0.2, 0) is 151 Å². The fourth-order valence-corrected chi connectivity index (χ4v) is 17.4. The molecule has 1 unspecified atom stereocenters. The summed E-state index contributed by atoms with van der Waals surface area (Å²) in [5.74, 6) is -3.89. The summed E-state index contributed by atoms with van der Waals surface area (Å²) in [5.41, 5.74) is -5.14. The Balaban J connectivity index is 0.0000124. The van der Waals surface area contributed by atoms with E-state index in [0.29, 0.717) is 129 Å². The van der Waals surface area contributed by atoms with Gasteiger partial charge in [-0.05, 0) is 95.5 Å². The number of carbonyl (C=O) groups excluding carboxylic acids is 9. The summed E-state index contributed by atoms with van der Waals surface area (Å²) >= 11 is 0. The van der Waals surface area contributed by atoms with E-state index in [1.165, 1.54) is 0 Å². The fourth-order valence-electron chi connectivity index (χ4n) is 17.4. The van der Waals surface area contributed by atoms with Crippen LogP contribution >= 0.6 is 0 Å². The van der Waals surface area contributed by atoms with Gasteiger partial charge >= 0.3 is 11.9 Å². The summed E-state index contributed by atoms with van der Waals surface area (Å²) in [5, 5.41) is 92.4. The van der Waals surface area contributed by atoms with Crippen LogP contribution in [0.5, 0.6) is 0 Å². The van der Waals surface area contributed by atoms with Crippen molar-refractivity contribution in [2.45, 2.75) is 329 Å². The zero-order valence-corrected chi connectivity index (χ0v) is 81.4. The first kappa shape index (κ1) is 116. The van der Waals surface area contributed by atoms with E-state index in [1.807, 2.05) is 30.3 Å². The van der Waals surface area contributed by atoms with Crippen LogP contribution in [-0.4, -0.2) is 342 Å². The van der Waals surface area contributed by atoms with Crippen LogP contribution in [0, 0.1) is 31.1 Å². The Labute approximate surface area is 808 Å². The van der Waals surface area contributed by atoms with Gasteiger partial charge in [0.05, 0.1) is 111 Å². The molecular formula is C95H157N6O33Pd-. The third kappa shape index (κ3) is 37.7. The van der Waals surface area contributed by atoms with E-state index < -0.39 is 114 Å². The van der Waals surface area contributed by atoms with Crippen molar-refractivity contribution >= 4 is 53.2 Å². The van der Waals surface area contributed by atoms with Crippen LogP contribution in [0.2, 0.25) is 0 Å². The predicted octanol–water partition coefficient (Wildman–Crippen LogP) is 3.49. The molecule has 40 heteroatoms. The van der Waals surface area contributed by atoms with Gasteiger partial charge in [0.2, 0.25) is 35.4 Å². The molecule has 8 bridgehead atoms. The monoisotopic (exact) mass is 2020 g/mol. The van der Waals surface area contributed by atoms with Crippen molar-refractivity contribution in [2.24, 2.45) is 23.7 Å². The van der Waals surface area contributed by atoms with Crippen LogP contribution in [0.15, 0.2) is 30.3 Å². The Morgan fingerprint density at radius 3 is 1.06 bits per heavy atom. The maximum absolute atomic E-state index is 14.1. The third-order valence-corrected chi connectivity index (χ3v) is 26.1. The van der Waals surface area contributed by atoms with E-state index in [2.05, 4.69) is 31.9 Å². The number of fused-ring (bicyclic) bond motifs is 8. The summed E-state index contributed by atoms with van der Waals surface area (Å²) < 4.78 is 99.7. The number of ether oxygens (including phenoxy) is 17. The largest absolute Gasteiger partial charge is 0.461 e. The molecule has 8 fully saturated rings. The van der Waals surface area contributed by atoms with E-state index in [-0.39, 0.29) is 270 Å². The number of amides is 6. The van der Waals surface area contributed by atoms with Gasteiger partial charge in [-0.3, -0.25) is 43.2 Å². The summed E-state index contributed by atoms with van der Waals surface area (Å²) in [6.45, 7) is 9.42. The summed E-state index contributed by atoms with van der Waals surface area (Å²) in [4.78, 5) is 117. The second-order valence-electron chi connectivity index (χ2n) is 37.3. The molecule has 8 saturated heterocycles. The zero-order chi connectivity index (χ0) is 95.5. The maximum atomic E-state index is 14.1. The number of hydrogen-bond donors (Lipinski definition) is 13. The van der Waals surface area contributed by atoms with Crippen LogP contribution < -0.4 is 31.9 Å². The number of carbonyl (C=O) groups is 9. The Morgan fingerprint density at radius 2 is 0.659 bits per heavy atom. The molecule has 776 valence electrons. The van der Waals surface area contributed by atoms with Gasteiger partial charge in [-0.15, -0.1) is 0 Å². The first-order chi connectivity index (χ1) is 64.1. The SMILES string of the molecule is C[C@H]1[C@H]2OC[C@](COCCCCC(=O)CCCCNC(=O)CCOCC(COCCC(=O)NCCCNC(=O)CCCCOC[C@@]34CO[C@@H](O3)[C@H](C)[C@@H](O)[C@H]4O)(COCCC(=O)NCCCNC(=O)CCCCOC[C@@]34CO[C@@H](O3)[C@H](C)[C@@H](OC(=O)CCCCOC[C@@]35CO[C@@H](O3)[C@H](C)[C@@H](O)[C@H]5O)[C@H]4O)NC(=O)CCCCCCCCCCC(=O)OCc3ccccc3)(O2)[C@H](O)[C@@H]1O.[CH3-].[Pd]. The maximum Gasteiger partial charge on any atom is 0.306 e. The number of hydrogen-bond acceptors (Lipinski definition) is 33. The Bertz CT molecular complexity index is 3550. The second kappa shape index (κ2) is 61.3. The number of Topliss-reactive ketones (excluding diaryl/α,β-unsaturated/α-hetero) is 1. The van der Waals surface area contributed by atoms with Gasteiger partial charge < -0.3 is 156 Å². The molecular weight excluding hydrogens is 1860 g/mol. The molecule has 39 nitrogen and oxygen atoms in total. The van der Waals surface area contributed by atoms with Gasteiger partial charge in [0, 0.05) is 167 Å². The van der Waals surface area contributed by atoms with Crippen molar-refractivity contribution in [1.29, 1.82) is 0 Å². The van der Waals surface area contributed by atoms with E-state index in [4.69, 9.17) is 80.5 Å². The van der Waals surface area contributed by atoms with Gasteiger partial charge in [-0.2, -0.15) is 0 Å².